The van der Waals surface area contributed by atoms with Crippen LogP contribution in [0.1, 0.15) is 16.7 Å². The molecule has 142 valence electrons. The molecular formula is C16H18ClFN2O4S2. The molecule has 0 spiro atoms. The van der Waals surface area contributed by atoms with Gasteiger partial charge in [-0.2, -0.15) is 0 Å². The van der Waals surface area contributed by atoms with Crippen molar-refractivity contribution in [2.45, 2.75) is 25.7 Å². The third kappa shape index (κ3) is 4.46. The van der Waals surface area contributed by atoms with Crippen molar-refractivity contribution in [3.63, 3.8) is 0 Å². The van der Waals surface area contributed by atoms with Gasteiger partial charge in [0, 0.05) is 0 Å². The van der Waals surface area contributed by atoms with Crippen LogP contribution >= 0.6 is 11.6 Å². The molecule has 0 unspecified atom stereocenters. The summed E-state index contributed by atoms with van der Waals surface area (Å²) in [7, 11) is -7.69. The van der Waals surface area contributed by atoms with Crippen LogP contribution < -0.4 is 9.44 Å². The van der Waals surface area contributed by atoms with Gasteiger partial charge >= 0.3 is 0 Å². The summed E-state index contributed by atoms with van der Waals surface area (Å²) < 4.78 is 66.7. The maximum atomic E-state index is 13.2. The molecule has 2 N–H and O–H groups in total. The number of halogens is 2. The normalized spacial score (nSPS) is 12.1. The van der Waals surface area contributed by atoms with E-state index < -0.39 is 25.9 Å². The molecule has 0 saturated carbocycles. The summed E-state index contributed by atoms with van der Waals surface area (Å²) in [6.07, 6.45) is 0.983. The molecule has 0 heterocycles. The smallest absolute Gasteiger partial charge is 0.262 e. The Kier molecular flexibility index (Phi) is 5.55. The standard InChI is InChI=1S/C16H18ClFN2O4S2/c1-9-7-10(2)16(11(3)15(9)20-25(4,21)22)26(23,24)19-14-6-5-12(18)8-13(14)17/h5-8,19-20H,1-4H3. The van der Waals surface area contributed by atoms with Gasteiger partial charge in [0.2, 0.25) is 10.0 Å². The van der Waals surface area contributed by atoms with Crippen LogP contribution in [0, 0.1) is 26.6 Å². The lowest BCUT2D eigenvalue weighted by Gasteiger charge is -2.19. The molecule has 0 amide bonds. The summed E-state index contributed by atoms with van der Waals surface area (Å²) in [6, 6.07) is 4.85. The fraction of sp³-hybridized carbons (Fsp3) is 0.250. The van der Waals surface area contributed by atoms with E-state index in [4.69, 9.17) is 11.6 Å². The molecule has 0 aliphatic rings. The molecule has 0 bridgehead atoms. The Morgan fingerprint density at radius 2 is 1.58 bits per heavy atom. The number of benzene rings is 2. The molecule has 2 rings (SSSR count). The van der Waals surface area contributed by atoms with Gasteiger partial charge in [0.15, 0.2) is 0 Å². The highest BCUT2D eigenvalue weighted by Crippen LogP contribution is 2.33. The predicted molar refractivity (Wildman–Crippen MR) is 101 cm³/mol. The average Bonchev–Trinajstić information content (AvgIpc) is 2.45. The van der Waals surface area contributed by atoms with Crippen LogP contribution in [-0.2, 0) is 20.0 Å². The van der Waals surface area contributed by atoms with E-state index in [1.807, 2.05) is 0 Å². The van der Waals surface area contributed by atoms with Gasteiger partial charge < -0.3 is 0 Å². The van der Waals surface area contributed by atoms with Crippen LogP contribution in [0.2, 0.25) is 5.02 Å². The zero-order valence-corrected chi connectivity index (χ0v) is 16.9. The predicted octanol–water partition coefficient (Wildman–Crippen LogP) is 3.58. The van der Waals surface area contributed by atoms with Crippen molar-refractivity contribution in [3.8, 4) is 0 Å². The maximum absolute atomic E-state index is 13.2. The second kappa shape index (κ2) is 7.05. The Morgan fingerprint density at radius 1 is 0.962 bits per heavy atom. The lowest BCUT2D eigenvalue weighted by molar-refractivity contribution is 0.599. The molecule has 0 atom stereocenters. The topological polar surface area (TPSA) is 92.3 Å². The molecule has 0 fully saturated rings. The average molecular weight is 421 g/mol. The summed E-state index contributed by atoms with van der Waals surface area (Å²) in [5.41, 5.74) is 1.49. The van der Waals surface area contributed by atoms with Crippen molar-refractivity contribution in [2.24, 2.45) is 0 Å². The fourth-order valence-corrected chi connectivity index (χ4v) is 5.20. The summed E-state index contributed by atoms with van der Waals surface area (Å²) in [6.45, 7) is 4.79. The number of sulfonamides is 2. The summed E-state index contributed by atoms with van der Waals surface area (Å²) in [5.74, 6) is -0.597. The molecule has 2 aromatic carbocycles. The van der Waals surface area contributed by atoms with Crippen LogP contribution in [0.25, 0.3) is 0 Å². The Balaban J connectivity index is 2.60. The SMILES string of the molecule is Cc1cc(C)c(S(=O)(=O)Nc2ccc(F)cc2Cl)c(C)c1NS(C)(=O)=O. The molecule has 0 aliphatic carbocycles. The van der Waals surface area contributed by atoms with Crippen LogP contribution in [0.3, 0.4) is 0 Å². The number of hydrogen-bond acceptors (Lipinski definition) is 4. The van der Waals surface area contributed by atoms with E-state index in [2.05, 4.69) is 9.44 Å². The molecule has 10 heteroatoms. The first-order valence-electron chi connectivity index (χ1n) is 7.38. The third-order valence-electron chi connectivity index (χ3n) is 3.63. The monoisotopic (exact) mass is 420 g/mol. The van der Waals surface area contributed by atoms with Crippen molar-refractivity contribution in [2.75, 3.05) is 15.7 Å². The molecule has 2 aromatic rings. The minimum absolute atomic E-state index is 0.0186. The maximum Gasteiger partial charge on any atom is 0.262 e. The second-order valence-corrected chi connectivity index (χ2v) is 9.72. The van der Waals surface area contributed by atoms with Gasteiger partial charge in [0.05, 0.1) is 27.5 Å². The molecule has 0 radical (unpaired) electrons. The zero-order valence-electron chi connectivity index (χ0n) is 14.5. The highest BCUT2D eigenvalue weighted by atomic mass is 35.5. The lowest BCUT2D eigenvalue weighted by Crippen LogP contribution is -2.19. The molecule has 0 saturated heterocycles. The first kappa shape index (κ1) is 20.5. The molecular weight excluding hydrogens is 403 g/mol. The van der Waals surface area contributed by atoms with E-state index in [9.17, 15) is 21.2 Å². The van der Waals surface area contributed by atoms with Crippen LogP contribution in [-0.4, -0.2) is 23.1 Å². The number of nitrogens with one attached hydrogen (secondary N) is 2. The number of aryl methyl sites for hydroxylation is 2. The highest BCUT2D eigenvalue weighted by Gasteiger charge is 2.24. The van der Waals surface area contributed by atoms with Gasteiger partial charge in [0.25, 0.3) is 10.0 Å². The second-order valence-electron chi connectivity index (χ2n) is 5.94. The van der Waals surface area contributed by atoms with Gasteiger partial charge in [-0.25, -0.2) is 21.2 Å². The van der Waals surface area contributed by atoms with Crippen LogP contribution in [0.4, 0.5) is 15.8 Å². The van der Waals surface area contributed by atoms with Crippen molar-refractivity contribution < 1.29 is 21.2 Å². The Hall–Kier alpha value is -1.84. The van der Waals surface area contributed by atoms with Crippen molar-refractivity contribution >= 4 is 43.0 Å². The number of anilines is 2. The zero-order chi connectivity index (χ0) is 19.9. The summed E-state index contributed by atoms with van der Waals surface area (Å²) in [4.78, 5) is -0.0744. The highest BCUT2D eigenvalue weighted by molar-refractivity contribution is 7.93. The first-order chi connectivity index (χ1) is 11.8. The minimum Gasteiger partial charge on any atom is -0.283 e. The molecule has 26 heavy (non-hydrogen) atoms. The van der Waals surface area contributed by atoms with E-state index >= 15 is 0 Å². The van der Waals surface area contributed by atoms with Crippen LogP contribution in [0.15, 0.2) is 29.2 Å². The minimum atomic E-state index is -4.10. The molecule has 6 nitrogen and oxygen atoms in total. The van der Waals surface area contributed by atoms with Crippen molar-refractivity contribution in [1.29, 1.82) is 0 Å². The van der Waals surface area contributed by atoms with Gasteiger partial charge in [-0.15, -0.1) is 0 Å². The van der Waals surface area contributed by atoms with Crippen molar-refractivity contribution in [3.05, 3.63) is 51.8 Å². The summed E-state index contributed by atoms with van der Waals surface area (Å²) in [5, 5.41) is -0.0922. The van der Waals surface area contributed by atoms with E-state index in [1.165, 1.54) is 13.0 Å². The summed E-state index contributed by atoms with van der Waals surface area (Å²) >= 11 is 5.89. The van der Waals surface area contributed by atoms with Gasteiger partial charge in [-0.05, 0) is 55.7 Å². The third-order valence-corrected chi connectivity index (χ3v) is 6.17. The van der Waals surface area contributed by atoms with E-state index in [0.717, 1.165) is 18.4 Å². The van der Waals surface area contributed by atoms with Crippen LogP contribution in [0.5, 0.6) is 0 Å². The number of rotatable bonds is 5. The number of hydrogen-bond donors (Lipinski definition) is 2. The van der Waals surface area contributed by atoms with Gasteiger partial charge in [0.1, 0.15) is 5.82 Å². The Labute approximate surface area is 157 Å². The van der Waals surface area contributed by atoms with Gasteiger partial charge in [-0.1, -0.05) is 17.7 Å². The largest absolute Gasteiger partial charge is 0.283 e. The fourth-order valence-electron chi connectivity index (χ4n) is 2.69. The Bertz CT molecular complexity index is 1080. The van der Waals surface area contributed by atoms with E-state index in [-0.39, 0.29) is 26.9 Å². The first-order valence-corrected chi connectivity index (χ1v) is 11.1. The molecule has 0 aromatic heterocycles. The van der Waals surface area contributed by atoms with E-state index in [1.54, 1.807) is 19.9 Å². The molecule has 0 aliphatic heterocycles. The van der Waals surface area contributed by atoms with Gasteiger partial charge in [-0.3, -0.25) is 9.44 Å². The van der Waals surface area contributed by atoms with Crippen molar-refractivity contribution in [1.82, 2.24) is 0 Å². The van der Waals surface area contributed by atoms with E-state index in [0.29, 0.717) is 11.1 Å². The Morgan fingerprint density at radius 3 is 2.12 bits per heavy atom. The lowest BCUT2D eigenvalue weighted by atomic mass is 10.1. The quantitative estimate of drug-likeness (QED) is 0.773.